The molecular weight excluding hydrogens is 406 g/mol. The third-order valence-corrected chi connectivity index (χ3v) is 6.45. The van der Waals surface area contributed by atoms with Crippen molar-refractivity contribution < 1.29 is 0 Å². The van der Waals surface area contributed by atoms with Crippen LogP contribution in [0.3, 0.4) is 0 Å². The Balaban J connectivity index is 1.97. The number of nitrogens with zero attached hydrogens (tertiary/aromatic N) is 5. The summed E-state index contributed by atoms with van der Waals surface area (Å²) in [5, 5.41) is 28.0. The van der Waals surface area contributed by atoms with E-state index in [0.29, 0.717) is 11.2 Å². The molecule has 7 rings (SSSR count). The number of rotatable bonds is 0. The molecule has 0 amide bonds. The summed E-state index contributed by atoms with van der Waals surface area (Å²) in [5.41, 5.74) is 2.30. The second-order valence-corrected chi connectivity index (χ2v) is 8.09. The fourth-order valence-corrected chi connectivity index (χ4v) is 5.13. The van der Waals surface area contributed by atoms with E-state index in [4.69, 9.17) is 4.98 Å². The molecule has 0 aliphatic carbocycles. The zero-order valence-electron chi connectivity index (χ0n) is 17.2. The number of benzene rings is 4. The summed E-state index contributed by atoms with van der Waals surface area (Å²) in [6.45, 7) is 0. The van der Waals surface area contributed by atoms with Gasteiger partial charge in [-0.3, -0.25) is 4.40 Å². The topological polar surface area (TPSA) is 77.8 Å². The van der Waals surface area contributed by atoms with Crippen molar-refractivity contribution in [3.05, 3.63) is 90.4 Å². The summed E-state index contributed by atoms with van der Waals surface area (Å²) in [6.07, 6.45) is 2.04. The lowest BCUT2D eigenvalue weighted by Gasteiger charge is -2.15. The Labute approximate surface area is 187 Å². The predicted octanol–water partition coefficient (Wildman–Crippen LogP) is 6.24. The maximum atomic E-state index is 9.68. The van der Waals surface area contributed by atoms with Crippen LogP contribution in [0.4, 0.5) is 0 Å². The molecule has 7 aromatic rings. The highest BCUT2D eigenvalue weighted by atomic mass is 15.0. The second-order valence-electron chi connectivity index (χ2n) is 8.09. The Morgan fingerprint density at radius 3 is 1.82 bits per heavy atom. The molecule has 0 aliphatic heterocycles. The molecule has 0 fully saturated rings. The van der Waals surface area contributed by atoms with E-state index < -0.39 is 0 Å². The van der Waals surface area contributed by atoms with Gasteiger partial charge in [-0.1, -0.05) is 72.8 Å². The highest BCUT2D eigenvalue weighted by Gasteiger charge is 2.21. The van der Waals surface area contributed by atoms with Crippen molar-refractivity contribution in [1.82, 2.24) is 14.4 Å². The van der Waals surface area contributed by atoms with Gasteiger partial charge in [0.25, 0.3) is 0 Å². The first-order valence-corrected chi connectivity index (χ1v) is 10.6. The molecule has 150 valence electrons. The van der Waals surface area contributed by atoms with Gasteiger partial charge in [0.1, 0.15) is 17.7 Å². The van der Waals surface area contributed by atoms with Crippen molar-refractivity contribution in [3.8, 4) is 12.1 Å². The van der Waals surface area contributed by atoms with E-state index in [9.17, 15) is 10.5 Å². The first-order valence-electron chi connectivity index (χ1n) is 10.6. The van der Waals surface area contributed by atoms with E-state index >= 15 is 0 Å². The molecule has 0 N–H and O–H groups in total. The average molecular weight is 419 g/mol. The van der Waals surface area contributed by atoms with Gasteiger partial charge in [-0.05, 0) is 21.5 Å². The zero-order valence-corrected chi connectivity index (χ0v) is 17.2. The standard InChI is InChI=1S/C28H13N5/c29-13-22-23(14-30)32-28-26(31-22)24-20-11-5-3-9-18(20)19-10-4-6-12-21(19)25(24)27-17-8-2-1-7-16(17)15-33(27)28/h1-12,15H. The van der Waals surface area contributed by atoms with Crippen LogP contribution in [-0.4, -0.2) is 14.4 Å². The molecule has 0 saturated heterocycles. The maximum Gasteiger partial charge on any atom is 0.179 e. The fourth-order valence-electron chi connectivity index (χ4n) is 5.13. The molecule has 5 heteroatoms. The largest absolute Gasteiger partial charge is 0.298 e. The van der Waals surface area contributed by atoms with Gasteiger partial charge < -0.3 is 0 Å². The molecule has 0 unspecified atom stereocenters. The lowest BCUT2D eigenvalue weighted by molar-refractivity contribution is 1.14. The summed E-state index contributed by atoms with van der Waals surface area (Å²) in [7, 11) is 0. The van der Waals surface area contributed by atoms with Crippen molar-refractivity contribution in [2.45, 2.75) is 0 Å². The Bertz CT molecular complexity index is 2050. The van der Waals surface area contributed by atoms with Gasteiger partial charge in [-0.15, -0.1) is 0 Å². The number of fused-ring (bicyclic) bond motifs is 13. The molecule has 3 heterocycles. The molecule has 3 aromatic heterocycles. The summed E-state index contributed by atoms with van der Waals surface area (Å²) >= 11 is 0. The fraction of sp³-hybridized carbons (Fsp3) is 0. The SMILES string of the molecule is N#Cc1nc2c3c4ccccc4c4ccccc4c3c3c4ccccc4cn3c2nc1C#N. The second kappa shape index (κ2) is 6.26. The van der Waals surface area contributed by atoms with Gasteiger partial charge in [0.2, 0.25) is 0 Å². The first-order chi connectivity index (χ1) is 16.3. The van der Waals surface area contributed by atoms with Crippen molar-refractivity contribution in [2.24, 2.45) is 0 Å². The van der Waals surface area contributed by atoms with Crippen LogP contribution < -0.4 is 0 Å². The van der Waals surface area contributed by atoms with Crippen LogP contribution in [0, 0.1) is 22.7 Å². The summed E-state index contributed by atoms with van der Waals surface area (Å²) in [4.78, 5) is 9.34. The molecule has 0 saturated carbocycles. The number of aromatic nitrogens is 3. The molecule has 0 spiro atoms. The van der Waals surface area contributed by atoms with Gasteiger partial charge in [-0.25, -0.2) is 9.97 Å². The molecule has 33 heavy (non-hydrogen) atoms. The highest BCUT2D eigenvalue weighted by molar-refractivity contribution is 6.36. The number of hydrogen-bond donors (Lipinski definition) is 0. The van der Waals surface area contributed by atoms with Gasteiger partial charge in [0, 0.05) is 27.7 Å². The predicted molar refractivity (Wildman–Crippen MR) is 130 cm³/mol. The van der Waals surface area contributed by atoms with E-state index in [0.717, 1.165) is 48.6 Å². The van der Waals surface area contributed by atoms with Gasteiger partial charge >= 0.3 is 0 Å². The Morgan fingerprint density at radius 2 is 1.15 bits per heavy atom. The quantitative estimate of drug-likeness (QED) is 0.273. The minimum absolute atomic E-state index is 0.0356. The lowest BCUT2D eigenvalue weighted by atomic mass is 9.93. The van der Waals surface area contributed by atoms with Crippen LogP contribution in [0.5, 0.6) is 0 Å². The van der Waals surface area contributed by atoms with E-state index in [1.165, 1.54) is 0 Å². The number of nitriles is 2. The summed E-state index contributed by atoms with van der Waals surface area (Å²) < 4.78 is 2.03. The first kappa shape index (κ1) is 17.7. The van der Waals surface area contributed by atoms with Crippen LogP contribution in [0.15, 0.2) is 79.0 Å². The van der Waals surface area contributed by atoms with Gasteiger partial charge in [-0.2, -0.15) is 10.5 Å². The summed E-state index contributed by atoms with van der Waals surface area (Å²) in [5.74, 6) is 0. The van der Waals surface area contributed by atoms with Gasteiger partial charge in [0.15, 0.2) is 17.0 Å². The van der Waals surface area contributed by atoms with Crippen LogP contribution in [0.2, 0.25) is 0 Å². The Hall–Kier alpha value is -5.00. The zero-order chi connectivity index (χ0) is 22.1. The van der Waals surface area contributed by atoms with E-state index in [-0.39, 0.29) is 11.4 Å². The van der Waals surface area contributed by atoms with Crippen LogP contribution in [0.25, 0.3) is 59.8 Å². The highest BCUT2D eigenvalue weighted by Crippen LogP contribution is 2.42. The van der Waals surface area contributed by atoms with Crippen molar-refractivity contribution in [2.75, 3.05) is 0 Å². The van der Waals surface area contributed by atoms with Crippen LogP contribution in [0.1, 0.15) is 11.4 Å². The van der Waals surface area contributed by atoms with E-state index in [1.54, 1.807) is 0 Å². The Morgan fingerprint density at radius 1 is 0.606 bits per heavy atom. The lowest BCUT2D eigenvalue weighted by Crippen LogP contribution is -2.01. The number of pyridine rings is 1. The molecule has 4 aromatic carbocycles. The molecule has 0 aliphatic rings. The minimum atomic E-state index is 0.0356. The minimum Gasteiger partial charge on any atom is -0.298 e. The molecular formula is C28H13N5. The normalized spacial score (nSPS) is 11.6. The molecule has 0 bridgehead atoms. The molecule has 5 nitrogen and oxygen atoms in total. The van der Waals surface area contributed by atoms with E-state index in [1.807, 2.05) is 47.0 Å². The van der Waals surface area contributed by atoms with E-state index in [2.05, 4.69) is 53.5 Å². The average Bonchev–Trinajstić information content (AvgIpc) is 3.27. The van der Waals surface area contributed by atoms with Crippen LogP contribution in [-0.2, 0) is 0 Å². The van der Waals surface area contributed by atoms with Crippen molar-refractivity contribution in [1.29, 1.82) is 10.5 Å². The molecule has 0 atom stereocenters. The smallest absolute Gasteiger partial charge is 0.179 e. The van der Waals surface area contributed by atoms with Crippen molar-refractivity contribution >= 4 is 59.8 Å². The van der Waals surface area contributed by atoms with Gasteiger partial charge in [0.05, 0.1) is 5.52 Å². The third-order valence-electron chi connectivity index (χ3n) is 6.45. The number of hydrogen-bond acceptors (Lipinski definition) is 4. The van der Waals surface area contributed by atoms with Crippen molar-refractivity contribution in [3.63, 3.8) is 0 Å². The third kappa shape index (κ3) is 2.18. The Kier molecular flexibility index (Phi) is 3.35. The monoisotopic (exact) mass is 419 g/mol. The summed E-state index contributed by atoms with van der Waals surface area (Å²) in [6, 6.07) is 29.0. The van der Waals surface area contributed by atoms with Crippen LogP contribution >= 0.6 is 0 Å². The molecule has 0 radical (unpaired) electrons. The maximum absolute atomic E-state index is 9.68.